The van der Waals surface area contributed by atoms with Crippen molar-refractivity contribution in [3.8, 4) is 0 Å². The molecule has 0 radical (unpaired) electrons. The number of aromatic nitrogens is 3. The van der Waals surface area contributed by atoms with Crippen LogP contribution >= 0.6 is 0 Å². The van der Waals surface area contributed by atoms with Gasteiger partial charge in [0.25, 0.3) is 0 Å². The molecule has 1 fully saturated rings. The van der Waals surface area contributed by atoms with Gasteiger partial charge >= 0.3 is 17.9 Å². The molecule has 2 aromatic carbocycles. The summed E-state index contributed by atoms with van der Waals surface area (Å²) in [6.07, 6.45) is -2.75. The Hall–Kier alpha value is -4.09. The molecular weight excluding hydrogens is 501 g/mol. The van der Waals surface area contributed by atoms with E-state index in [4.69, 9.17) is 0 Å². The van der Waals surface area contributed by atoms with Crippen LogP contribution in [0.25, 0.3) is 0 Å². The summed E-state index contributed by atoms with van der Waals surface area (Å²) < 4.78 is 41.3. The van der Waals surface area contributed by atoms with Crippen molar-refractivity contribution in [2.45, 2.75) is 45.1 Å². The van der Waals surface area contributed by atoms with Crippen LogP contribution in [0.5, 0.6) is 0 Å². The topological polar surface area (TPSA) is 92.5 Å². The lowest BCUT2D eigenvalue weighted by atomic mass is 10.1. The Morgan fingerprint density at radius 3 is 2.29 bits per heavy atom. The van der Waals surface area contributed by atoms with E-state index in [1.165, 1.54) is 26.3 Å². The lowest BCUT2D eigenvalue weighted by Gasteiger charge is -2.34. The zero-order valence-corrected chi connectivity index (χ0v) is 20.7. The maximum atomic E-state index is 13.4. The standard InChI is InChI=1S/C26H27F3N6O3/c1-17-4-6-18(7-5-17)14-34-25(38)35-21(23(36)32-12-2-3-13-32)15-33(16-22(35)31-34)24(37)30-20-10-8-19(9-11-20)26(27,28)29/h4-11,21H,2-3,12-16H2,1H3,(H,30,37). The second-order valence-electron chi connectivity index (χ2n) is 9.65. The van der Waals surface area contributed by atoms with Crippen molar-refractivity contribution in [1.29, 1.82) is 0 Å². The van der Waals surface area contributed by atoms with Crippen LogP contribution in [-0.4, -0.2) is 55.7 Å². The smallest absolute Gasteiger partial charge is 0.341 e. The fraction of sp³-hybridized carbons (Fsp3) is 0.385. The summed E-state index contributed by atoms with van der Waals surface area (Å²) >= 11 is 0. The van der Waals surface area contributed by atoms with Gasteiger partial charge in [0.05, 0.1) is 25.2 Å². The number of benzene rings is 2. The van der Waals surface area contributed by atoms with E-state index < -0.39 is 29.5 Å². The zero-order chi connectivity index (χ0) is 27.0. The molecule has 38 heavy (non-hydrogen) atoms. The van der Waals surface area contributed by atoms with Crippen LogP contribution in [0.3, 0.4) is 0 Å². The van der Waals surface area contributed by atoms with Crippen molar-refractivity contribution in [2.24, 2.45) is 0 Å². The molecule has 0 saturated carbocycles. The molecule has 2 aliphatic heterocycles. The summed E-state index contributed by atoms with van der Waals surface area (Å²) in [6, 6.07) is 10.2. The Morgan fingerprint density at radius 1 is 1.00 bits per heavy atom. The van der Waals surface area contributed by atoms with E-state index in [1.807, 2.05) is 31.2 Å². The van der Waals surface area contributed by atoms with Gasteiger partial charge in [-0.05, 0) is 49.6 Å². The van der Waals surface area contributed by atoms with Crippen molar-refractivity contribution < 1.29 is 22.8 Å². The molecule has 1 unspecified atom stereocenters. The van der Waals surface area contributed by atoms with Gasteiger partial charge in [-0.1, -0.05) is 29.8 Å². The van der Waals surface area contributed by atoms with Crippen LogP contribution in [0.4, 0.5) is 23.7 Å². The summed E-state index contributed by atoms with van der Waals surface area (Å²) in [7, 11) is 0. The lowest BCUT2D eigenvalue weighted by molar-refractivity contribution is -0.137. The number of hydrogen-bond donors (Lipinski definition) is 1. The number of alkyl halides is 3. The second-order valence-corrected chi connectivity index (χ2v) is 9.65. The number of likely N-dealkylation sites (tertiary alicyclic amines) is 1. The molecule has 0 spiro atoms. The summed E-state index contributed by atoms with van der Waals surface area (Å²) in [5.74, 6) is 0.0150. The van der Waals surface area contributed by atoms with Crippen LogP contribution < -0.4 is 11.0 Å². The number of hydrogen-bond acceptors (Lipinski definition) is 4. The molecule has 2 aliphatic rings. The molecular formula is C26H27F3N6O3. The summed E-state index contributed by atoms with van der Waals surface area (Å²) in [5.41, 5.74) is 0.871. The lowest BCUT2D eigenvalue weighted by Crippen LogP contribution is -2.51. The van der Waals surface area contributed by atoms with E-state index in [-0.39, 0.29) is 37.1 Å². The van der Waals surface area contributed by atoms with Gasteiger partial charge in [-0.25, -0.2) is 14.3 Å². The van der Waals surface area contributed by atoms with Gasteiger partial charge in [0, 0.05) is 18.8 Å². The highest BCUT2D eigenvalue weighted by molar-refractivity contribution is 5.90. The monoisotopic (exact) mass is 528 g/mol. The van der Waals surface area contributed by atoms with Crippen LogP contribution in [-0.2, 0) is 24.1 Å². The molecule has 12 heteroatoms. The molecule has 5 rings (SSSR count). The van der Waals surface area contributed by atoms with Crippen molar-refractivity contribution in [3.05, 3.63) is 81.5 Å². The highest BCUT2D eigenvalue weighted by Crippen LogP contribution is 2.30. The third-order valence-electron chi connectivity index (χ3n) is 6.88. The minimum atomic E-state index is -4.49. The number of carbonyl (C=O) groups is 2. The number of amides is 3. The average Bonchev–Trinajstić information content (AvgIpc) is 3.53. The van der Waals surface area contributed by atoms with Gasteiger partial charge in [-0.2, -0.15) is 18.3 Å². The van der Waals surface area contributed by atoms with Crippen molar-refractivity contribution in [3.63, 3.8) is 0 Å². The van der Waals surface area contributed by atoms with E-state index in [9.17, 15) is 27.6 Å². The van der Waals surface area contributed by atoms with Crippen molar-refractivity contribution in [2.75, 3.05) is 25.0 Å². The molecule has 3 amide bonds. The van der Waals surface area contributed by atoms with Crippen LogP contribution in [0.15, 0.2) is 53.3 Å². The first-order valence-electron chi connectivity index (χ1n) is 12.4. The van der Waals surface area contributed by atoms with E-state index in [1.54, 1.807) is 4.90 Å². The Bertz CT molecular complexity index is 1390. The number of nitrogens with one attached hydrogen (secondary N) is 1. The Balaban J connectivity index is 1.41. The zero-order valence-electron chi connectivity index (χ0n) is 20.7. The highest BCUT2D eigenvalue weighted by atomic mass is 19.4. The molecule has 1 saturated heterocycles. The molecule has 200 valence electrons. The van der Waals surface area contributed by atoms with Gasteiger partial charge in [0.2, 0.25) is 5.91 Å². The Morgan fingerprint density at radius 2 is 1.66 bits per heavy atom. The van der Waals surface area contributed by atoms with Gasteiger partial charge in [-0.15, -0.1) is 0 Å². The minimum Gasteiger partial charge on any atom is -0.341 e. The maximum absolute atomic E-state index is 13.4. The number of anilines is 1. The van der Waals surface area contributed by atoms with E-state index in [0.717, 1.165) is 36.1 Å². The van der Waals surface area contributed by atoms with Crippen molar-refractivity contribution >= 4 is 17.6 Å². The first kappa shape index (κ1) is 25.6. The van der Waals surface area contributed by atoms with Gasteiger partial charge in [-0.3, -0.25) is 9.36 Å². The van der Waals surface area contributed by atoms with Crippen molar-refractivity contribution in [1.82, 2.24) is 24.1 Å². The van der Waals surface area contributed by atoms with Crippen LogP contribution in [0.1, 0.15) is 41.4 Å². The first-order chi connectivity index (χ1) is 18.1. The summed E-state index contributed by atoms with van der Waals surface area (Å²) in [4.78, 5) is 43.0. The molecule has 0 bridgehead atoms. The third-order valence-corrected chi connectivity index (χ3v) is 6.88. The molecule has 9 nitrogen and oxygen atoms in total. The summed E-state index contributed by atoms with van der Waals surface area (Å²) in [5, 5.41) is 7.04. The predicted octanol–water partition coefficient (Wildman–Crippen LogP) is 3.63. The number of rotatable bonds is 4. The quantitative estimate of drug-likeness (QED) is 0.560. The second kappa shape index (κ2) is 9.99. The van der Waals surface area contributed by atoms with E-state index >= 15 is 0 Å². The first-order valence-corrected chi connectivity index (χ1v) is 12.4. The van der Waals surface area contributed by atoms with Gasteiger partial charge in [0.15, 0.2) is 5.82 Å². The number of carbonyl (C=O) groups excluding carboxylic acids is 2. The molecule has 1 N–H and O–H groups in total. The normalized spacial score (nSPS) is 17.4. The number of aryl methyl sites for hydroxylation is 1. The molecule has 1 aromatic heterocycles. The Kier molecular flexibility index (Phi) is 6.72. The molecule has 0 aliphatic carbocycles. The number of nitrogens with zero attached hydrogens (tertiary/aromatic N) is 5. The maximum Gasteiger partial charge on any atom is 0.416 e. The largest absolute Gasteiger partial charge is 0.416 e. The summed E-state index contributed by atoms with van der Waals surface area (Å²) in [6.45, 7) is 3.23. The molecule has 1 atom stereocenters. The van der Waals surface area contributed by atoms with Crippen LogP contribution in [0, 0.1) is 6.92 Å². The number of fused-ring (bicyclic) bond motifs is 1. The van der Waals surface area contributed by atoms with E-state index in [0.29, 0.717) is 13.1 Å². The fourth-order valence-corrected chi connectivity index (χ4v) is 4.82. The van der Waals surface area contributed by atoms with Gasteiger partial charge in [0.1, 0.15) is 6.04 Å². The Labute approximate surface area is 216 Å². The molecule has 3 aromatic rings. The predicted molar refractivity (Wildman–Crippen MR) is 132 cm³/mol. The van der Waals surface area contributed by atoms with Gasteiger partial charge < -0.3 is 15.1 Å². The van der Waals surface area contributed by atoms with E-state index in [2.05, 4.69) is 10.4 Å². The SMILES string of the molecule is Cc1ccc(Cn2nc3n(c2=O)C(C(=O)N2CCCC2)CN(C(=O)Nc2ccc(C(F)(F)F)cc2)C3)cc1. The highest BCUT2D eigenvalue weighted by Gasteiger charge is 2.39. The fourth-order valence-electron chi connectivity index (χ4n) is 4.82. The third kappa shape index (κ3) is 5.15. The average molecular weight is 529 g/mol. The minimum absolute atomic E-state index is 0.0353. The number of urea groups is 1. The number of halogens is 3. The molecule has 3 heterocycles. The van der Waals surface area contributed by atoms with Crippen LogP contribution in [0.2, 0.25) is 0 Å².